The summed E-state index contributed by atoms with van der Waals surface area (Å²) in [5.74, 6) is -2.30. The monoisotopic (exact) mass is 393 g/mol. The van der Waals surface area contributed by atoms with Crippen LogP contribution in [0.2, 0.25) is 8.87 Å². The molecule has 0 aromatic carbocycles. The third-order valence-electron chi connectivity index (χ3n) is 2.23. The van der Waals surface area contributed by atoms with Crippen LogP contribution in [-0.2, 0) is 19.4 Å². The van der Waals surface area contributed by atoms with Crippen LogP contribution < -0.4 is 5.11 Å². The van der Waals surface area contributed by atoms with Crippen molar-refractivity contribution in [2.45, 2.75) is 55.3 Å². The fourth-order valence-electron chi connectivity index (χ4n) is 1.11. The summed E-state index contributed by atoms with van der Waals surface area (Å²) in [5, 5.41) is 9.88. The van der Waals surface area contributed by atoms with Crippen LogP contribution in [0.4, 0.5) is 0 Å². The summed E-state index contributed by atoms with van der Waals surface area (Å²) in [6, 6.07) is 0. The number of carboxylic acids is 1. The zero-order valence-electron chi connectivity index (χ0n) is 12.9. The first-order valence-corrected chi connectivity index (χ1v) is 10.9. The van der Waals surface area contributed by atoms with E-state index in [-0.39, 0.29) is 26.7 Å². The molecule has 0 rings (SSSR count). The van der Waals surface area contributed by atoms with Crippen molar-refractivity contribution in [3.8, 4) is 0 Å². The van der Waals surface area contributed by atoms with E-state index in [0.717, 1.165) is 7.11 Å². The van der Waals surface area contributed by atoms with Crippen LogP contribution in [0, 0.1) is 0 Å². The molecule has 0 aliphatic heterocycles. The van der Waals surface area contributed by atoms with Crippen molar-refractivity contribution in [3.05, 3.63) is 11.6 Å². The van der Waals surface area contributed by atoms with Gasteiger partial charge in [-0.1, -0.05) is 0 Å². The third kappa shape index (κ3) is 17.4. The van der Waals surface area contributed by atoms with E-state index >= 15 is 0 Å². The molecule has 0 heterocycles. The van der Waals surface area contributed by atoms with Gasteiger partial charge in [-0.25, -0.2) is 4.79 Å². The maximum absolute atomic E-state index is 10.6. The van der Waals surface area contributed by atoms with Crippen LogP contribution in [0.3, 0.4) is 0 Å². The minimum absolute atomic E-state index is 0.0909. The average molecular weight is 392 g/mol. The van der Waals surface area contributed by atoms with Crippen molar-refractivity contribution >= 4 is 33.1 Å². The van der Waals surface area contributed by atoms with Crippen molar-refractivity contribution < 1.29 is 24.5 Å². The smallest absolute Gasteiger partial charge is 0.368 e. The van der Waals surface area contributed by atoms with E-state index in [1.54, 1.807) is 8.87 Å². The summed E-state index contributed by atoms with van der Waals surface area (Å²) in [7, 11) is 1.14. The second-order valence-corrected chi connectivity index (χ2v) is 8.42. The molecule has 0 fully saturated rings. The number of carbonyl (C=O) groups is 2. The van der Waals surface area contributed by atoms with E-state index in [4.69, 9.17) is 0 Å². The van der Waals surface area contributed by atoms with E-state index < -0.39 is 11.9 Å². The number of unbranched alkanes of at least 4 members (excludes halogenated alkanes) is 2. The fourth-order valence-corrected chi connectivity index (χ4v) is 5.26. The van der Waals surface area contributed by atoms with Crippen LogP contribution in [0.25, 0.3) is 0 Å². The molecule has 0 aromatic heterocycles. The molecule has 0 atom stereocenters. The van der Waals surface area contributed by atoms with Crippen LogP contribution in [-0.4, -0.2) is 40.2 Å². The Kier molecular flexibility index (Phi) is 17.9. The number of carbonyl (C=O) groups excluding carboxylic acids is 2. The first kappa shape index (κ1) is 21.7. The second kappa shape index (κ2) is 16.5. The van der Waals surface area contributed by atoms with Gasteiger partial charge in [0.25, 0.3) is 0 Å². The molecular formula is C14H25O5Sn. The first-order valence-electron chi connectivity index (χ1n) is 6.84. The molecule has 0 saturated heterocycles. The zero-order valence-corrected chi connectivity index (χ0v) is 15.7. The van der Waals surface area contributed by atoms with Crippen molar-refractivity contribution in [2.24, 2.45) is 0 Å². The maximum atomic E-state index is 10.6. The molecule has 1 radical (unpaired) electrons. The Bertz CT molecular complexity index is 283. The molecule has 0 bridgehead atoms. The van der Waals surface area contributed by atoms with Crippen LogP contribution >= 0.6 is 0 Å². The molecule has 0 aliphatic rings. The molecule has 115 valence electrons. The van der Waals surface area contributed by atoms with Gasteiger partial charge >= 0.3 is 75.5 Å². The largest absolute Gasteiger partial charge is 0.545 e. The van der Waals surface area contributed by atoms with Gasteiger partial charge in [0, 0.05) is 5.57 Å². The van der Waals surface area contributed by atoms with Crippen LogP contribution in [0.1, 0.15) is 46.5 Å². The molecular weight excluding hydrogens is 367 g/mol. The molecule has 0 unspecified atom stereocenters. The van der Waals surface area contributed by atoms with E-state index in [1.807, 2.05) is 0 Å². The minimum atomic E-state index is -1.45. The predicted octanol–water partition coefficient (Wildman–Crippen LogP) is 1.91. The Balaban J connectivity index is 0. The second-order valence-electron chi connectivity index (χ2n) is 4.14. The normalized spacial score (nSPS) is 10.3. The summed E-state index contributed by atoms with van der Waals surface area (Å²) in [4.78, 5) is 28.5. The van der Waals surface area contributed by atoms with E-state index in [9.17, 15) is 14.7 Å². The van der Waals surface area contributed by atoms with E-state index in [0.29, 0.717) is 6.08 Å². The summed E-state index contributed by atoms with van der Waals surface area (Å²) in [5.41, 5.74) is -0.0909. The van der Waals surface area contributed by atoms with Crippen molar-refractivity contribution in [2.75, 3.05) is 7.11 Å². The number of hydrogen-bond acceptors (Lipinski definition) is 5. The van der Waals surface area contributed by atoms with Gasteiger partial charge in [0.1, 0.15) is 0 Å². The van der Waals surface area contributed by atoms with Gasteiger partial charge in [0.15, 0.2) is 0 Å². The van der Waals surface area contributed by atoms with Gasteiger partial charge in [0.2, 0.25) is 0 Å². The molecule has 0 saturated carbocycles. The predicted molar refractivity (Wildman–Crippen MR) is 77.0 cm³/mol. The fraction of sp³-hybridized carbons (Fsp3) is 0.714. The standard InChI is InChI=1S/C6H8O5.2C4H9.Sn/c1-4(3-5(7)8)6(9)11-10-2;2*1-3-4-2;/h3H,1-2H3,(H,7,8);2*1,3-4H2,2H3;/q;;;+1/p-1. The van der Waals surface area contributed by atoms with Crippen LogP contribution in [0.5, 0.6) is 0 Å². The molecule has 5 nitrogen and oxygen atoms in total. The van der Waals surface area contributed by atoms with Gasteiger partial charge in [-0.15, -0.1) is 0 Å². The Morgan fingerprint density at radius 1 is 1.15 bits per heavy atom. The zero-order chi connectivity index (χ0) is 15.8. The quantitative estimate of drug-likeness (QED) is 0.197. The molecule has 0 N–H and O–H groups in total. The molecule has 0 spiro atoms. The third-order valence-corrected chi connectivity index (χ3v) is 6.27. The van der Waals surface area contributed by atoms with E-state index in [1.165, 1.54) is 32.6 Å². The Hall–Kier alpha value is -0.561. The summed E-state index contributed by atoms with van der Waals surface area (Å²) in [6.45, 7) is 5.86. The first-order chi connectivity index (χ1) is 9.49. The average Bonchev–Trinajstić information content (AvgIpc) is 2.39. The van der Waals surface area contributed by atoms with E-state index in [2.05, 4.69) is 23.6 Å². The van der Waals surface area contributed by atoms with Gasteiger partial charge < -0.3 is 9.90 Å². The topological polar surface area (TPSA) is 75.7 Å². The molecule has 20 heavy (non-hydrogen) atoms. The number of hydrogen-bond donors (Lipinski definition) is 0. The van der Waals surface area contributed by atoms with Crippen LogP contribution in [0.15, 0.2) is 11.6 Å². The molecule has 6 heteroatoms. The number of aliphatic carboxylic acids is 1. The minimum Gasteiger partial charge on any atom is -0.545 e. The molecule has 0 amide bonds. The SMILES string of the molecule is CCC[CH2][Sn+][CH2]CCC.COOC(=O)C(C)=CC(=O)[O-]. The number of rotatable bonds is 9. The molecule has 0 aliphatic carbocycles. The van der Waals surface area contributed by atoms with Crippen molar-refractivity contribution in [3.63, 3.8) is 0 Å². The Morgan fingerprint density at radius 3 is 2.00 bits per heavy atom. The van der Waals surface area contributed by atoms with Gasteiger partial charge in [0.05, 0.1) is 13.1 Å². The number of carboxylic acid groups (broad SMARTS) is 1. The summed E-state index contributed by atoms with van der Waals surface area (Å²) < 4.78 is 3.25. The van der Waals surface area contributed by atoms with Gasteiger partial charge in [-0.2, -0.15) is 4.89 Å². The maximum Gasteiger partial charge on any atom is 0.368 e. The summed E-state index contributed by atoms with van der Waals surface area (Å²) in [6.07, 6.45) is 6.47. The summed E-state index contributed by atoms with van der Waals surface area (Å²) >= 11 is 0.149. The molecule has 0 aromatic rings. The van der Waals surface area contributed by atoms with Crippen molar-refractivity contribution in [1.82, 2.24) is 0 Å². The Labute approximate surface area is 131 Å². The Morgan fingerprint density at radius 2 is 1.65 bits per heavy atom. The van der Waals surface area contributed by atoms with Gasteiger partial charge in [-0.05, 0) is 13.0 Å². The van der Waals surface area contributed by atoms with Gasteiger partial charge in [-0.3, -0.25) is 4.89 Å². The van der Waals surface area contributed by atoms with Crippen molar-refractivity contribution in [1.29, 1.82) is 0 Å².